The Morgan fingerprint density at radius 3 is 2.77 bits per heavy atom. The van der Waals surface area contributed by atoms with E-state index in [2.05, 4.69) is 22.4 Å². The summed E-state index contributed by atoms with van der Waals surface area (Å²) in [6.07, 6.45) is 4.21. The minimum atomic E-state index is -0.298. The van der Waals surface area contributed by atoms with Crippen molar-refractivity contribution >= 4 is 5.91 Å². The SMILES string of the molecule is CN(CCNC(=O)c1ccn(-c2ccc(F)cc2)n1)C1CC1. The number of nitrogens with one attached hydrogen (secondary N) is 1. The maximum Gasteiger partial charge on any atom is 0.271 e. The molecule has 1 aliphatic rings. The van der Waals surface area contributed by atoms with Crippen molar-refractivity contribution < 1.29 is 9.18 Å². The molecular formula is C16H19FN4O. The van der Waals surface area contributed by atoms with Crippen LogP contribution >= 0.6 is 0 Å². The van der Waals surface area contributed by atoms with Crippen molar-refractivity contribution in [2.75, 3.05) is 20.1 Å². The minimum absolute atomic E-state index is 0.190. The van der Waals surface area contributed by atoms with Gasteiger partial charge >= 0.3 is 0 Å². The molecule has 0 saturated heterocycles. The van der Waals surface area contributed by atoms with Crippen molar-refractivity contribution in [1.82, 2.24) is 20.0 Å². The summed E-state index contributed by atoms with van der Waals surface area (Å²) >= 11 is 0. The van der Waals surface area contributed by atoms with Crippen molar-refractivity contribution in [2.24, 2.45) is 0 Å². The summed E-state index contributed by atoms with van der Waals surface area (Å²) in [7, 11) is 2.08. The van der Waals surface area contributed by atoms with E-state index in [-0.39, 0.29) is 11.7 Å². The van der Waals surface area contributed by atoms with Crippen LogP contribution in [0.1, 0.15) is 23.3 Å². The van der Waals surface area contributed by atoms with Crippen LogP contribution in [0.5, 0.6) is 0 Å². The Morgan fingerprint density at radius 1 is 1.36 bits per heavy atom. The van der Waals surface area contributed by atoms with E-state index < -0.39 is 0 Å². The number of aromatic nitrogens is 2. The van der Waals surface area contributed by atoms with Crippen molar-refractivity contribution in [3.63, 3.8) is 0 Å². The second-order valence-corrected chi connectivity index (χ2v) is 5.59. The number of carbonyl (C=O) groups is 1. The lowest BCUT2D eigenvalue weighted by Gasteiger charge is -2.15. The predicted molar refractivity (Wildman–Crippen MR) is 81.5 cm³/mol. The maximum atomic E-state index is 12.9. The molecule has 0 unspecified atom stereocenters. The van der Waals surface area contributed by atoms with Crippen LogP contribution in [-0.2, 0) is 0 Å². The fourth-order valence-electron chi connectivity index (χ4n) is 2.32. The van der Waals surface area contributed by atoms with Gasteiger partial charge in [-0.1, -0.05) is 0 Å². The third-order valence-corrected chi connectivity index (χ3v) is 3.83. The number of carbonyl (C=O) groups excluding carboxylic acids is 1. The molecule has 1 saturated carbocycles. The average Bonchev–Trinajstić information content (AvgIpc) is 3.25. The number of amides is 1. The molecule has 0 spiro atoms. The van der Waals surface area contributed by atoms with Gasteiger partial charge in [-0.3, -0.25) is 4.79 Å². The van der Waals surface area contributed by atoms with E-state index in [9.17, 15) is 9.18 Å². The molecule has 5 nitrogen and oxygen atoms in total. The van der Waals surface area contributed by atoms with Gasteiger partial charge in [0.25, 0.3) is 5.91 Å². The van der Waals surface area contributed by atoms with Crippen LogP contribution in [0.15, 0.2) is 36.5 Å². The molecule has 6 heteroatoms. The number of likely N-dealkylation sites (N-methyl/N-ethyl adjacent to an activating group) is 1. The minimum Gasteiger partial charge on any atom is -0.349 e. The van der Waals surface area contributed by atoms with Crippen LogP contribution < -0.4 is 5.32 Å². The van der Waals surface area contributed by atoms with E-state index in [1.807, 2.05) is 0 Å². The van der Waals surface area contributed by atoms with Gasteiger partial charge in [0.2, 0.25) is 0 Å². The normalized spacial score (nSPS) is 14.3. The third-order valence-electron chi connectivity index (χ3n) is 3.83. The van der Waals surface area contributed by atoms with Crippen LogP contribution in [0.4, 0.5) is 4.39 Å². The molecule has 1 heterocycles. The van der Waals surface area contributed by atoms with E-state index in [0.29, 0.717) is 24.0 Å². The highest BCUT2D eigenvalue weighted by Crippen LogP contribution is 2.24. The zero-order valence-electron chi connectivity index (χ0n) is 12.5. The van der Waals surface area contributed by atoms with Crippen LogP contribution in [0.2, 0.25) is 0 Å². The van der Waals surface area contributed by atoms with Crippen molar-refractivity contribution in [3.05, 3.63) is 48.0 Å². The van der Waals surface area contributed by atoms with Crippen molar-refractivity contribution in [3.8, 4) is 5.69 Å². The van der Waals surface area contributed by atoms with Gasteiger partial charge in [0.05, 0.1) is 5.69 Å². The Hall–Kier alpha value is -2.21. The van der Waals surface area contributed by atoms with Gasteiger partial charge in [0, 0.05) is 25.3 Å². The van der Waals surface area contributed by atoms with Gasteiger partial charge in [0.15, 0.2) is 5.69 Å². The molecule has 0 radical (unpaired) electrons. The smallest absolute Gasteiger partial charge is 0.271 e. The van der Waals surface area contributed by atoms with Gasteiger partial charge < -0.3 is 10.2 Å². The molecule has 116 valence electrons. The van der Waals surface area contributed by atoms with E-state index in [1.165, 1.54) is 25.0 Å². The van der Waals surface area contributed by atoms with Crippen LogP contribution in [-0.4, -0.2) is 46.8 Å². The van der Waals surface area contributed by atoms with Gasteiger partial charge in [-0.05, 0) is 50.2 Å². The largest absolute Gasteiger partial charge is 0.349 e. The highest BCUT2D eigenvalue weighted by atomic mass is 19.1. The molecule has 0 atom stereocenters. The Bertz CT molecular complexity index is 648. The molecule has 2 aromatic rings. The van der Waals surface area contributed by atoms with E-state index in [1.54, 1.807) is 29.1 Å². The lowest BCUT2D eigenvalue weighted by atomic mass is 10.3. The second kappa shape index (κ2) is 6.27. The molecule has 3 rings (SSSR count). The molecule has 1 fully saturated rings. The van der Waals surface area contributed by atoms with E-state index in [4.69, 9.17) is 0 Å². The first-order chi connectivity index (χ1) is 10.6. The molecule has 0 aliphatic heterocycles. The first kappa shape index (κ1) is 14.7. The number of benzene rings is 1. The number of halogens is 1. The Morgan fingerprint density at radius 2 is 2.09 bits per heavy atom. The molecule has 1 N–H and O–H groups in total. The number of nitrogens with zero attached hydrogens (tertiary/aromatic N) is 3. The molecule has 22 heavy (non-hydrogen) atoms. The second-order valence-electron chi connectivity index (χ2n) is 5.59. The zero-order chi connectivity index (χ0) is 15.5. The first-order valence-corrected chi connectivity index (χ1v) is 7.43. The molecule has 1 aromatic heterocycles. The van der Waals surface area contributed by atoms with Crippen molar-refractivity contribution in [1.29, 1.82) is 0 Å². The Kier molecular flexibility index (Phi) is 4.20. The van der Waals surface area contributed by atoms with Crippen LogP contribution in [0.25, 0.3) is 5.69 Å². The first-order valence-electron chi connectivity index (χ1n) is 7.43. The molecule has 1 aliphatic carbocycles. The lowest BCUT2D eigenvalue weighted by molar-refractivity contribution is 0.0944. The third kappa shape index (κ3) is 3.51. The summed E-state index contributed by atoms with van der Waals surface area (Å²) in [6.45, 7) is 1.45. The highest BCUT2D eigenvalue weighted by molar-refractivity contribution is 5.92. The van der Waals surface area contributed by atoms with Crippen LogP contribution in [0.3, 0.4) is 0 Å². The lowest BCUT2D eigenvalue weighted by Crippen LogP contribution is -2.34. The molecular weight excluding hydrogens is 283 g/mol. The van der Waals surface area contributed by atoms with E-state index in [0.717, 1.165) is 6.54 Å². The van der Waals surface area contributed by atoms with Gasteiger partial charge in [-0.2, -0.15) is 5.10 Å². The molecule has 1 amide bonds. The van der Waals surface area contributed by atoms with Gasteiger partial charge in [0.1, 0.15) is 5.82 Å². The summed E-state index contributed by atoms with van der Waals surface area (Å²) in [4.78, 5) is 14.3. The number of hydrogen-bond acceptors (Lipinski definition) is 3. The van der Waals surface area contributed by atoms with E-state index >= 15 is 0 Å². The zero-order valence-corrected chi connectivity index (χ0v) is 12.5. The summed E-state index contributed by atoms with van der Waals surface area (Å²) in [5.74, 6) is -0.487. The number of rotatable bonds is 6. The summed E-state index contributed by atoms with van der Waals surface area (Å²) in [5, 5.41) is 7.09. The van der Waals surface area contributed by atoms with Crippen LogP contribution in [0, 0.1) is 5.82 Å². The summed E-state index contributed by atoms with van der Waals surface area (Å²) in [5.41, 5.74) is 1.08. The standard InChI is InChI=1S/C16H19FN4O/c1-20(13-6-7-13)11-9-18-16(22)15-8-10-21(19-15)14-4-2-12(17)3-5-14/h2-5,8,10,13H,6-7,9,11H2,1H3,(H,18,22). The summed E-state index contributed by atoms with van der Waals surface area (Å²) < 4.78 is 14.5. The predicted octanol–water partition coefficient (Wildman–Crippen LogP) is 1.84. The molecule has 1 aromatic carbocycles. The Labute approximate surface area is 128 Å². The van der Waals surface area contributed by atoms with Gasteiger partial charge in [-0.25, -0.2) is 9.07 Å². The fourth-order valence-corrected chi connectivity index (χ4v) is 2.32. The highest BCUT2D eigenvalue weighted by Gasteiger charge is 2.25. The number of hydrogen-bond donors (Lipinski definition) is 1. The monoisotopic (exact) mass is 302 g/mol. The maximum absolute atomic E-state index is 12.9. The fraction of sp³-hybridized carbons (Fsp3) is 0.375. The Balaban J connectivity index is 1.55. The topological polar surface area (TPSA) is 50.2 Å². The van der Waals surface area contributed by atoms with Crippen molar-refractivity contribution in [2.45, 2.75) is 18.9 Å². The summed E-state index contributed by atoms with van der Waals surface area (Å²) in [6, 6.07) is 8.32. The average molecular weight is 302 g/mol. The molecule has 0 bridgehead atoms. The quantitative estimate of drug-likeness (QED) is 0.886. The van der Waals surface area contributed by atoms with Gasteiger partial charge in [-0.15, -0.1) is 0 Å².